The molecule has 0 radical (unpaired) electrons. The summed E-state index contributed by atoms with van der Waals surface area (Å²) in [6, 6.07) is 26.8. The molecular weight excluding hydrogens is 433 g/mol. The van der Waals surface area contributed by atoms with E-state index in [4.69, 9.17) is 4.74 Å². The second-order valence-corrected chi connectivity index (χ2v) is 7.52. The van der Waals surface area contributed by atoms with Crippen LogP contribution in [0.5, 0.6) is 5.88 Å². The maximum absolute atomic E-state index is 13.2. The summed E-state index contributed by atoms with van der Waals surface area (Å²) in [6.45, 7) is 0.548. The first-order valence-corrected chi connectivity index (χ1v) is 10.7. The molecule has 0 saturated heterocycles. The van der Waals surface area contributed by atoms with E-state index < -0.39 is 0 Å². The molecule has 0 spiro atoms. The molecule has 1 amide bonds. The number of ether oxygens (including phenoxy) is 1. The second-order valence-electron chi connectivity index (χ2n) is 7.52. The first-order chi connectivity index (χ1) is 16.7. The molecule has 0 aliphatic heterocycles. The van der Waals surface area contributed by atoms with Gasteiger partial charge in [0.15, 0.2) is 11.5 Å². The maximum Gasteiger partial charge on any atom is 0.251 e. The third-order valence-corrected chi connectivity index (χ3v) is 5.23. The third kappa shape index (κ3) is 4.61. The molecule has 3 aromatic carbocycles. The van der Waals surface area contributed by atoms with E-state index >= 15 is 0 Å². The molecule has 5 aromatic rings. The summed E-state index contributed by atoms with van der Waals surface area (Å²) in [5, 5.41) is 15.5. The number of carbonyl (C=O) groups excluding carboxylic acids is 1. The average Bonchev–Trinajstić information content (AvgIpc) is 3.31. The van der Waals surface area contributed by atoms with Crippen LogP contribution in [0.25, 0.3) is 28.2 Å². The number of nitrogens with zero attached hydrogens (tertiary/aromatic N) is 4. The Labute approximate surface area is 194 Å². The Morgan fingerprint density at radius 3 is 2.29 bits per heavy atom. The van der Waals surface area contributed by atoms with E-state index in [1.165, 1.54) is 16.6 Å². The van der Waals surface area contributed by atoms with Gasteiger partial charge in [-0.3, -0.25) is 4.79 Å². The van der Waals surface area contributed by atoms with Gasteiger partial charge in [-0.15, -0.1) is 15.3 Å². The minimum absolute atomic E-state index is 0.177. The average molecular weight is 453 g/mol. The van der Waals surface area contributed by atoms with Crippen LogP contribution < -0.4 is 10.1 Å². The number of amides is 1. The van der Waals surface area contributed by atoms with Crippen molar-refractivity contribution in [2.45, 2.75) is 0 Å². The van der Waals surface area contributed by atoms with Gasteiger partial charge in [-0.25, -0.2) is 4.39 Å². The number of fused-ring (bicyclic) bond motifs is 1. The highest BCUT2D eigenvalue weighted by atomic mass is 19.1. The lowest BCUT2D eigenvalue weighted by Gasteiger charge is -2.08. The van der Waals surface area contributed by atoms with Gasteiger partial charge in [0.2, 0.25) is 5.88 Å². The largest absolute Gasteiger partial charge is 0.475 e. The Kier molecular flexibility index (Phi) is 5.94. The zero-order chi connectivity index (χ0) is 23.3. The van der Waals surface area contributed by atoms with Crippen LogP contribution in [-0.2, 0) is 0 Å². The summed E-state index contributed by atoms with van der Waals surface area (Å²) in [4.78, 5) is 12.4. The molecule has 7 nitrogen and oxygen atoms in total. The van der Waals surface area contributed by atoms with Crippen LogP contribution in [0.1, 0.15) is 10.4 Å². The van der Waals surface area contributed by atoms with E-state index in [1.807, 2.05) is 42.5 Å². The monoisotopic (exact) mass is 453 g/mol. The number of aromatic nitrogens is 4. The predicted molar refractivity (Wildman–Crippen MR) is 126 cm³/mol. The third-order valence-electron chi connectivity index (χ3n) is 5.23. The molecule has 0 aliphatic carbocycles. The smallest absolute Gasteiger partial charge is 0.251 e. The van der Waals surface area contributed by atoms with E-state index in [2.05, 4.69) is 20.6 Å². The molecule has 34 heavy (non-hydrogen) atoms. The summed E-state index contributed by atoms with van der Waals surface area (Å²) < 4.78 is 20.5. The number of benzene rings is 3. The molecule has 0 fully saturated rings. The Hall–Kier alpha value is -4.59. The zero-order valence-corrected chi connectivity index (χ0v) is 18.1. The molecule has 1 N–H and O–H groups in total. The van der Waals surface area contributed by atoms with Crippen LogP contribution in [0.4, 0.5) is 4.39 Å². The SMILES string of the molecule is O=C(NCCOc1ccc2nnc(-c3ccc(F)cc3)n2n1)c1ccc(-c2ccccc2)cc1. The number of hydrogen-bond acceptors (Lipinski definition) is 5. The molecule has 2 heterocycles. The van der Waals surface area contributed by atoms with Gasteiger partial charge in [0, 0.05) is 17.2 Å². The standard InChI is InChI=1S/C26H20FN5O2/c27-22-12-10-20(11-13-22)25-30-29-23-14-15-24(31-32(23)25)34-17-16-28-26(33)21-8-6-19(7-9-21)18-4-2-1-3-5-18/h1-15H,16-17H2,(H,28,33). The van der Waals surface area contributed by atoms with E-state index in [0.29, 0.717) is 35.0 Å². The number of carbonyl (C=O) groups is 1. The number of halogens is 1. The summed E-state index contributed by atoms with van der Waals surface area (Å²) in [7, 11) is 0. The fourth-order valence-corrected chi connectivity index (χ4v) is 3.49. The minimum Gasteiger partial charge on any atom is -0.475 e. The highest BCUT2D eigenvalue weighted by Gasteiger charge is 2.11. The Bertz CT molecular complexity index is 1420. The predicted octanol–water partition coefficient (Wildman–Crippen LogP) is 4.41. The first-order valence-electron chi connectivity index (χ1n) is 10.7. The van der Waals surface area contributed by atoms with Crippen molar-refractivity contribution in [3.63, 3.8) is 0 Å². The van der Waals surface area contributed by atoms with Crippen molar-refractivity contribution in [3.8, 4) is 28.4 Å². The lowest BCUT2D eigenvalue weighted by molar-refractivity contribution is 0.0946. The molecule has 0 aliphatic rings. The molecule has 5 rings (SSSR count). The minimum atomic E-state index is -0.330. The van der Waals surface area contributed by atoms with Crippen LogP contribution in [0, 0.1) is 5.82 Å². The quantitative estimate of drug-likeness (QED) is 0.369. The van der Waals surface area contributed by atoms with Crippen molar-refractivity contribution in [2.75, 3.05) is 13.2 Å². The summed E-state index contributed by atoms with van der Waals surface area (Å²) in [5.74, 6) is 0.331. The van der Waals surface area contributed by atoms with Gasteiger partial charge in [-0.2, -0.15) is 4.52 Å². The molecule has 0 unspecified atom stereocenters. The van der Waals surface area contributed by atoms with E-state index in [-0.39, 0.29) is 18.3 Å². The molecule has 168 valence electrons. The fourth-order valence-electron chi connectivity index (χ4n) is 3.49. The van der Waals surface area contributed by atoms with Gasteiger partial charge < -0.3 is 10.1 Å². The topological polar surface area (TPSA) is 81.4 Å². The Morgan fingerprint density at radius 2 is 1.53 bits per heavy atom. The lowest BCUT2D eigenvalue weighted by atomic mass is 10.0. The molecule has 0 saturated carbocycles. The highest BCUT2D eigenvalue weighted by molar-refractivity contribution is 5.94. The van der Waals surface area contributed by atoms with Crippen molar-refractivity contribution < 1.29 is 13.9 Å². The van der Waals surface area contributed by atoms with Crippen molar-refractivity contribution in [2.24, 2.45) is 0 Å². The molecule has 8 heteroatoms. The van der Waals surface area contributed by atoms with Crippen molar-refractivity contribution >= 4 is 11.6 Å². The van der Waals surface area contributed by atoms with Gasteiger partial charge in [-0.1, -0.05) is 42.5 Å². The van der Waals surface area contributed by atoms with Gasteiger partial charge in [0.25, 0.3) is 5.91 Å². The number of hydrogen-bond donors (Lipinski definition) is 1. The zero-order valence-electron chi connectivity index (χ0n) is 18.1. The van der Waals surface area contributed by atoms with E-state index in [1.54, 1.807) is 36.4 Å². The number of nitrogens with one attached hydrogen (secondary N) is 1. The van der Waals surface area contributed by atoms with Gasteiger partial charge in [-0.05, 0) is 53.6 Å². The van der Waals surface area contributed by atoms with E-state index in [0.717, 1.165) is 11.1 Å². The summed E-state index contributed by atoms with van der Waals surface area (Å²) >= 11 is 0. The van der Waals surface area contributed by atoms with Crippen molar-refractivity contribution in [3.05, 3.63) is 102 Å². The molecule has 0 bridgehead atoms. The number of rotatable bonds is 7. The fraction of sp³-hybridized carbons (Fsp3) is 0.0769. The van der Waals surface area contributed by atoms with Crippen LogP contribution >= 0.6 is 0 Å². The van der Waals surface area contributed by atoms with E-state index in [9.17, 15) is 9.18 Å². The van der Waals surface area contributed by atoms with Crippen LogP contribution in [0.2, 0.25) is 0 Å². The maximum atomic E-state index is 13.2. The summed E-state index contributed by atoms with van der Waals surface area (Å²) in [5.41, 5.74) is 3.95. The van der Waals surface area contributed by atoms with Crippen LogP contribution in [0.15, 0.2) is 91.0 Å². The van der Waals surface area contributed by atoms with Crippen LogP contribution in [0.3, 0.4) is 0 Å². The van der Waals surface area contributed by atoms with Gasteiger partial charge in [0.05, 0.1) is 6.54 Å². The molecular formula is C26H20FN5O2. The molecule has 0 atom stereocenters. The second kappa shape index (κ2) is 9.50. The lowest BCUT2D eigenvalue weighted by Crippen LogP contribution is -2.28. The van der Waals surface area contributed by atoms with Gasteiger partial charge >= 0.3 is 0 Å². The van der Waals surface area contributed by atoms with Crippen molar-refractivity contribution in [1.29, 1.82) is 0 Å². The van der Waals surface area contributed by atoms with Gasteiger partial charge in [0.1, 0.15) is 12.4 Å². The van der Waals surface area contributed by atoms with Crippen molar-refractivity contribution in [1.82, 2.24) is 25.1 Å². The first kappa shape index (κ1) is 21.3. The molecule has 2 aromatic heterocycles. The Morgan fingerprint density at radius 1 is 0.824 bits per heavy atom. The summed E-state index contributed by atoms with van der Waals surface area (Å²) in [6.07, 6.45) is 0. The Balaban J connectivity index is 1.18. The highest BCUT2D eigenvalue weighted by Crippen LogP contribution is 2.20. The normalized spacial score (nSPS) is 10.9. The van der Waals surface area contributed by atoms with Crippen LogP contribution in [-0.4, -0.2) is 38.9 Å².